The van der Waals surface area contributed by atoms with Crippen molar-refractivity contribution < 1.29 is 18.7 Å². The van der Waals surface area contributed by atoms with Crippen LogP contribution in [0.5, 0.6) is 0 Å². The molecule has 0 aliphatic heterocycles. The first-order valence-corrected chi connectivity index (χ1v) is 7.35. The molecule has 0 amide bonds. The highest BCUT2D eigenvalue weighted by Crippen LogP contribution is 2.13. The van der Waals surface area contributed by atoms with Gasteiger partial charge < -0.3 is 5.11 Å². The number of benzene rings is 1. The Bertz CT molecular complexity index is 412. The summed E-state index contributed by atoms with van der Waals surface area (Å²) >= 11 is 0. The number of carbonyl (C=O) groups is 1. The van der Waals surface area contributed by atoms with Gasteiger partial charge in [0.2, 0.25) is 0 Å². The molecular weight excluding hydrogens is 276 g/mol. The summed E-state index contributed by atoms with van der Waals surface area (Å²) in [7, 11) is 0. The van der Waals surface area contributed by atoms with Gasteiger partial charge in [-0.3, -0.25) is 10.1 Å². The Morgan fingerprint density at radius 2 is 1.90 bits per heavy atom. The number of aryl methyl sites for hydroxylation is 1. The average Bonchev–Trinajstić information content (AvgIpc) is 2.47. The smallest absolute Gasteiger partial charge is 0.320 e. The van der Waals surface area contributed by atoms with Crippen molar-refractivity contribution in [1.29, 1.82) is 0 Å². The third kappa shape index (κ3) is 6.67. The van der Waals surface area contributed by atoms with Crippen LogP contribution in [0.3, 0.4) is 0 Å². The van der Waals surface area contributed by atoms with Crippen molar-refractivity contribution in [3.63, 3.8) is 0 Å². The topological polar surface area (TPSA) is 49.3 Å². The van der Waals surface area contributed by atoms with Crippen LogP contribution < -0.4 is 5.32 Å². The number of aliphatic carboxylic acids is 1. The zero-order valence-electron chi connectivity index (χ0n) is 12.3. The fraction of sp³-hybridized carbons (Fsp3) is 0.562. The van der Waals surface area contributed by atoms with Gasteiger partial charge in [0.15, 0.2) is 0 Å². The fourth-order valence-corrected chi connectivity index (χ4v) is 2.19. The predicted molar refractivity (Wildman–Crippen MR) is 78.6 cm³/mol. The van der Waals surface area contributed by atoms with Crippen LogP contribution in [0, 0.1) is 0 Å². The van der Waals surface area contributed by atoms with E-state index in [0.29, 0.717) is 19.3 Å². The molecule has 1 aromatic carbocycles. The molecular formula is C16H23F2NO2. The SMILES string of the molecule is CCCC[C@H](NC(CCc1ccccc1)C(F)F)C(=O)O. The number of hydrogen-bond acceptors (Lipinski definition) is 2. The van der Waals surface area contributed by atoms with Crippen molar-refractivity contribution in [3.8, 4) is 0 Å². The first-order valence-electron chi connectivity index (χ1n) is 7.35. The molecule has 5 heteroatoms. The molecule has 1 aromatic rings. The highest BCUT2D eigenvalue weighted by molar-refractivity contribution is 5.73. The van der Waals surface area contributed by atoms with Gasteiger partial charge in [-0.25, -0.2) is 8.78 Å². The molecule has 0 aliphatic rings. The van der Waals surface area contributed by atoms with Crippen LogP contribution in [0.25, 0.3) is 0 Å². The molecule has 0 aromatic heterocycles. The van der Waals surface area contributed by atoms with Gasteiger partial charge in [0, 0.05) is 0 Å². The lowest BCUT2D eigenvalue weighted by molar-refractivity contribution is -0.140. The van der Waals surface area contributed by atoms with Crippen LogP contribution in [0.15, 0.2) is 30.3 Å². The van der Waals surface area contributed by atoms with Gasteiger partial charge >= 0.3 is 5.97 Å². The minimum atomic E-state index is -2.57. The van der Waals surface area contributed by atoms with Crippen molar-refractivity contribution in [3.05, 3.63) is 35.9 Å². The summed E-state index contributed by atoms with van der Waals surface area (Å²) in [6, 6.07) is 7.37. The standard InChI is InChI=1S/C16H23F2NO2/c1-2-3-9-14(16(20)21)19-13(15(17)18)11-10-12-7-5-4-6-8-12/h4-8,13-15,19H,2-3,9-11H2,1H3,(H,20,21)/t13?,14-/m0/s1. The van der Waals surface area contributed by atoms with Gasteiger partial charge in [-0.05, 0) is 24.8 Å². The average molecular weight is 299 g/mol. The molecule has 1 rings (SSSR count). The van der Waals surface area contributed by atoms with Crippen molar-refractivity contribution in [2.45, 2.75) is 57.5 Å². The second kappa shape index (κ2) is 9.45. The van der Waals surface area contributed by atoms with Gasteiger partial charge in [0.1, 0.15) is 6.04 Å². The predicted octanol–water partition coefficient (Wildman–Crippen LogP) is 3.49. The summed E-state index contributed by atoms with van der Waals surface area (Å²) in [4.78, 5) is 11.1. The molecule has 2 N–H and O–H groups in total. The Kier molecular flexibility index (Phi) is 7.90. The van der Waals surface area contributed by atoms with E-state index in [-0.39, 0.29) is 6.42 Å². The lowest BCUT2D eigenvalue weighted by Gasteiger charge is -2.22. The number of halogens is 2. The van der Waals surface area contributed by atoms with Crippen molar-refractivity contribution >= 4 is 5.97 Å². The largest absolute Gasteiger partial charge is 0.480 e. The first-order chi connectivity index (χ1) is 10.0. The molecule has 0 heterocycles. The van der Waals surface area contributed by atoms with Crippen molar-refractivity contribution in [2.24, 2.45) is 0 Å². The Labute approximate surface area is 124 Å². The second-order valence-corrected chi connectivity index (χ2v) is 5.16. The van der Waals surface area contributed by atoms with E-state index in [9.17, 15) is 13.6 Å². The van der Waals surface area contributed by atoms with E-state index in [1.54, 1.807) is 0 Å². The molecule has 118 valence electrons. The number of hydrogen-bond donors (Lipinski definition) is 2. The maximum Gasteiger partial charge on any atom is 0.320 e. The van der Waals surface area contributed by atoms with E-state index in [2.05, 4.69) is 5.32 Å². The van der Waals surface area contributed by atoms with Crippen LogP contribution >= 0.6 is 0 Å². The minimum Gasteiger partial charge on any atom is -0.480 e. The van der Waals surface area contributed by atoms with Crippen molar-refractivity contribution in [2.75, 3.05) is 0 Å². The summed E-state index contributed by atoms with van der Waals surface area (Å²) < 4.78 is 26.2. The zero-order valence-corrected chi connectivity index (χ0v) is 12.3. The normalized spacial score (nSPS) is 14.1. The van der Waals surface area contributed by atoms with Gasteiger partial charge in [0.25, 0.3) is 6.43 Å². The second-order valence-electron chi connectivity index (χ2n) is 5.16. The van der Waals surface area contributed by atoms with E-state index in [1.807, 2.05) is 37.3 Å². The third-order valence-corrected chi connectivity index (χ3v) is 3.45. The first kappa shape index (κ1) is 17.6. The molecule has 0 saturated carbocycles. The monoisotopic (exact) mass is 299 g/mol. The molecule has 0 bridgehead atoms. The highest BCUT2D eigenvalue weighted by atomic mass is 19.3. The quantitative estimate of drug-likeness (QED) is 0.695. The summed E-state index contributed by atoms with van der Waals surface area (Å²) in [5.74, 6) is -1.06. The number of carboxylic acid groups (broad SMARTS) is 1. The van der Waals surface area contributed by atoms with Gasteiger partial charge in [-0.15, -0.1) is 0 Å². The Morgan fingerprint density at radius 3 is 2.43 bits per heavy atom. The Hall–Kier alpha value is -1.49. The molecule has 3 nitrogen and oxygen atoms in total. The van der Waals surface area contributed by atoms with Crippen LogP contribution in [0.4, 0.5) is 8.78 Å². The van der Waals surface area contributed by atoms with E-state index in [0.717, 1.165) is 12.0 Å². The number of carboxylic acids is 1. The molecule has 0 aliphatic carbocycles. The van der Waals surface area contributed by atoms with Gasteiger partial charge in [-0.1, -0.05) is 50.1 Å². The van der Waals surface area contributed by atoms with Crippen molar-refractivity contribution in [1.82, 2.24) is 5.32 Å². The zero-order chi connectivity index (χ0) is 15.7. The summed E-state index contributed by atoms with van der Waals surface area (Å²) in [5, 5.41) is 11.7. The highest BCUT2D eigenvalue weighted by Gasteiger charge is 2.26. The number of rotatable bonds is 10. The van der Waals surface area contributed by atoms with E-state index >= 15 is 0 Å². The summed E-state index contributed by atoms with van der Waals surface area (Å²) in [6.07, 6.45) is 0.0751. The summed E-state index contributed by atoms with van der Waals surface area (Å²) in [6.45, 7) is 1.94. The summed E-state index contributed by atoms with van der Waals surface area (Å²) in [5.41, 5.74) is 0.977. The molecule has 0 spiro atoms. The number of alkyl halides is 2. The molecule has 0 fully saturated rings. The fourth-order valence-electron chi connectivity index (χ4n) is 2.19. The minimum absolute atomic E-state index is 0.220. The maximum atomic E-state index is 13.1. The van der Waals surface area contributed by atoms with Crippen LogP contribution in [-0.4, -0.2) is 29.6 Å². The van der Waals surface area contributed by atoms with Crippen LogP contribution in [0.1, 0.15) is 38.2 Å². The molecule has 0 saturated heterocycles. The lowest BCUT2D eigenvalue weighted by Crippen LogP contribution is -2.46. The Morgan fingerprint density at radius 1 is 1.24 bits per heavy atom. The number of unbranched alkanes of at least 4 members (excludes halogenated alkanes) is 1. The molecule has 2 atom stereocenters. The number of nitrogens with one attached hydrogen (secondary N) is 1. The maximum absolute atomic E-state index is 13.1. The molecule has 21 heavy (non-hydrogen) atoms. The van der Waals surface area contributed by atoms with E-state index < -0.39 is 24.5 Å². The van der Waals surface area contributed by atoms with Gasteiger partial charge in [-0.2, -0.15) is 0 Å². The lowest BCUT2D eigenvalue weighted by atomic mass is 10.0. The molecule has 0 radical (unpaired) electrons. The Balaban J connectivity index is 2.57. The van der Waals surface area contributed by atoms with Crippen LogP contribution in [0.2, 0.25) is 0 Å². The molecule has 1 unspecified atom stereocenters. The van der Waals surface area contributed by atoms with E-state index in [1.165, 1.54) is 0 Å². The van der Waals surface area contributed by atoms with Crippen LogP contribution in [-0.2, 0) is 11.2 Å². The third-order valence-electron chi connectivity index (χ3n) is 3.45. The van der Waals surface area contributed by atoms with Gasteiger partial charge in [0.05, 0.1) is 6.04 Å². The van der Waals surface area contributed by atoms with E-state index in [4.69, 9.17) is 5.11 Å².